The van der Waals surface area contributed by atoms with Gasteiger partial charge in [-0.15, -0.1) is 0 Å². The second-order valence-electron chi connectivity index (χ2n) is 3.38. The molecule has 0 aliphatic heterocycles. The molecule has 100 valence electrons. The van der Waals surface area contributed by atoms with E-state index < -0.39 is 30.3 Å². The maximum atomic E-state index is 13.5. The molecule has 0 unspecified atom stereocenters. The highest BCUT2D eigenvalue weighted by Crippen LogP contribution is 2.24. The number of esters is 1. The van der Waals surface area contributed by atoms with Crippen LogP contribution >= 0.6 is 15.9 Å². The number of ether oxygens (including phenoxy) is 1. The summed E-state index contributed by atoms with van der Waals surface area (Å²) in [6.07, 6.45) is -3.28. The van der Waals surface area contributed by atoms with E-state index in [2.05, 4.69) is 25.7 Å². The molecule has 0 aromatic carbocycles. The first-order valence-corrected chi connectivity index (χ1v) is 6.29. The Hall–Kier alpha value is -1.11. The molecule has 1 aromatic rings. The third-order valence-electron chi connectivity index (χ3n) is 2.13. The van der Waals surface area contributed by atoms with Gasteiger partial charge in [0.1, 0.15) is 11.5 Å². The molecule has 0 atom stereocenters. The molecular weight excluding hydrogens is 315 g/mol. The van der Waals surface area contributed by atoms with E-state index in [1.807, 2.05) is 0 Å². The Morgan fingerprint density at radius 1 is 1.56 bits per heavy atom. The van der Waals surface area contributed by atoms with E-state index in [-0.39, 0.29) is 23.2 Å². The normalized spacial score (nSPS) is 10.8. The molecule has 0 aliphatic carbocycles. The molecule has 0 bridgehead atoms. The fourth-order valence-corrected chi connectivity index (χ4v) is 1.80. The summed E-state index contributed by atoms with van der Waals surface area (Å²) in [7, 11) is 0. The van der Waals surface area contributed by atoms with Crippen molar-refractivity contribution >= 4 is 21.9 Å². The molecule has 1 heterocycles. The average Bonchev–Trinajstić information content (AvgIpc) is 2.31. The number of rotatable bonds is 5. The SMILES string of the molecule is CCOC(=O)Cc1nc(C(F)F)c(CBr)cc1F. The quantitative estimate of drug-likeness (QED) is 0.616. The fourth-order valence-electron chi connectivity index (χ4n) is 1.35. The zero-order valence-electron chi connectivity index (χ0n) is 9.55. The Labute approximate surface area is 110 Å². The summed E-state index contributed by atoms with van der Waals surface area (Å²) < 4.78 is 43.5. The Morgan fingerprint density at radius 2 is 2.22 bits per heavy atom. The van der Waals surface area contributed by atoms with Gasteiger partial charge in [-0.3, -0.25) is 4.79 Å². The number of pyridine rings is 1. The highest BCUT2D eigenvalue weighted by atomic mass is 79.9. The second kappa shape index (κ2) is 6.72. The van der Waals surface area contributed by atoms with Crippen LogP contribution in [0.1, 0.15) is 30.3 Å². The molecular formula is C11H11BrF3NO2. The van der Waals surface area contributed by atoms with Gasteiger partial charge in [-0.05, 0) is 18.6 Å². The Bertz CT molecular complexity index is 441. The molecule has 0 radical (unpaired) electrons. The lowest BCUT2D eigenvalue weighted by Gasteiger charge is -2.09. The van der Waals surface area contributed by atoms with Gasteiger partial charge in [-0.1, -0.05) is 15.9 Å². The monoisotopic (exact) mass is 325 g/mol. The van der Waals surface area contributed by atoms with Gasteiger partial charge in [0.25, 0.3) is 6.43 Å². The smallest absolute Gasteiger partial charge is 0.311 e. The van der Waals surface area contributed by atoms with Crippen LogP contribution in [0.2, 0.25) is 0 Å². The highest BCUT2D eigenvalue weighted by Gasteiger charge is 2.20. The maximum absolute atomic E-state index is 13.5. The lowest BCUT2D eigenvalue weighted by atomic mass is 10.1. The van der Waals surface area contributed by atoms with Crippen molar-refractivity contribution < 1.29 is 22.7 Å². The number of halogens is 4. The fraction of sp³-hybridized carbons (Fsp3) is 0.455. The third kappa shape index (κ3) is 3.69. The van der Waals surface area contributed by atoms with Crippen molar-refractivity contribution in [1.29, 1.82) is 0 Å². The van der Waals surface area contributed by atoms with Crippen molar-refractivity contribution in [3.8, 4) is 0 Å². The largest absolute Gasteiger partial charge is 0.466 e. The molecule has 0 saturated carbocycles. The minimum atomic E-state index is -2.82. The molecule has 1 rings (SSSR count). The summed E-state index contributed by atoms with van der Waals surface area (Å²) in [5, 5.41) is 0.0658. The topological polar surface area (TPSA) is 39.2 Å². The third-order valence-corrected chi connectivity index (χ3v) is 2.73. The van der Waals surface area contributed by atoms with Gasteiger partial charge in [-0.2, -0.15) is 0 Å². The van der Waals surface area contributed by atoms with Crippen LogP contribution < -0.4 is 0 Å². The number of carbonyl (C=O) groups excluding carboxylic acids is 1. The molecule has 0 aliphatic rings. The van der Waals surface area contributed by atoms with Gasteiger partial charge in [0.05, 0.1) is 18.7 Å². The second-order valence-corrected chi connectivity index (χ2v) is 3.94. The lowest BCUT2D eigenvalue weighted by Crippen LogP contribution is -2.12. The first-order valence-electron chi connectivity index (χ1n) is 5.17. The first-order chi connectivity index (χ1) is 8.49. The van der Waals surface area contributed by atoms with Crippen LogP contribution in [0.25, 0.3) is 0 Å². The van der Waals surface area contributed by atoms with E-state index in [9.17, 15) is 18.0 Å². The maximum Gasteiger partial charge on any atom is 0.311 e. The molecule has 0 fully saturated rings. The molecule has 0 N–H and O–H groups in total. The predicted molar refractivity (Wildman–Crippen MR) is 62.1 cm³/mol. The van der Waals surface area contributed by atoms with Crippen molar-refractivity contribution in [2.24, 2.45) is 0 Å². The molecule has 0 saturated heterocycles. The first kappa shape index (κ1) is 14.9. The summed E-state index contributed by atoms with van der Waals surface area (Å²) in [5.74, 6) is -1.49. The van der Waals surface area contributed by atoms with Gasteiger partial charge >= 0.3 is 5.97 Å². The molecule has 7 heteroatoms. The zero-order valence-corrected chi connectivity index (χ0v) is 11.1. The number of nitrogens with zero attached hydrogens (tertiary/aromatic N) is 1. The van der Waals surface area contributed by atoms with Crippen molar-refractivity contribution in [2.75, 3.05) is 6.61 Å². The van der Waals surface area contributed by atoms with E-state index >= 15 is 0 Å². The van der Waals surface area contributed by atoms with E-state index in [0.717, 1.165) is 6.07 Å². The van der Waals surface area contributed by atoms with Crippen molar-refractivity contribution in [3.63, 3.8) is 0 Å². The van der Waals surface area contributed by atoms with Crippen LogP contribution in [0.15, 0.2) is 6.07 Å². The number of hydrogen-bond donors (Lipinski definition) is 0. The van der Waals surface area contributed by atoms with Gasteiger partial charge in [0.2, 0.25) is 0 Å². The van der Waals surface area contributed by atoms with Gasteiger partial charge in [-0.25, -0.2) is 18.2 Å². The Kier molecular flexibility index (Phi) is 5.58. The highest BCUT2D eigenvalue weighted by molar-refractivity contribution is 9.08. The van der Waals surface area contributed by atoms with Crippen LogP contribution in [0, 0.1) is 5.82 Å². The predicted octanol–water partition coefficient (Wildman–Crippen LogP) is 3.16. The Balaban J connectivity index is 3.05. The van der Waals surface area contributed by atoms with E-state index in [0.29, 0.717) is 0 Å². The number of hydrogen-bond acceptors (Lipinski definition) is 3. The summed E-state index contributed by atoms with van der Waals surface area (Å²) in [6, 6.07) is 0.956. The lowest BCUT2D eigenvalue weighted by molar-refractivity contribution is -0.142. The van der Waals surface area contributed by atoms with E-state index in [1.165, 1.54) is 0 Å². The molecule has 0 amide bonds. The van der Waals surface area contributed by atoms with Gasteiger partial charge in [0.15, 0.2) is 0 Å². The zero-order chi connectivity index (χ0) is 13.7. The molecule has 1 aromatic heterocycles. The minimum absolute atomic E-state index is 0.0649. The Morgan fingerprint density at radius 3 is 2.72 bits per heavy atom. The number of alkyl halides is 3. The van der Waals surface area contributed by atoms with Crippen molar-refractivity contribution in [1.82, 2.24) is 4.98 Å². The summed E-state index contributed by atoms with van der Waals surface area (Å²) in [6.45, 7) is 1.74. The standard InChI is InChI=1S/C11H11BrF3NO2/c1-2-18-9(17)4-8-7(13)3-6(5-12)10(16-8)11(14)15/h3,11H,2,4-5H2,1H3. The van der Waals surface area contributed by atoms with E-state index in [4.69, 9.17) is 0 Å². The van der Waals surface area contributed by atoms with Gasteiger partial charge < -0.3 is 4.74 Å². The average molecular weight is 326 g/mol. The minimum Gasteiger partial charge on any atom is -0.466 e. The van der Waals surface area contributed by atoms with Crippen molar-refractivity contribution in [2.45, 2.75) is 25.1 Å². The molecule has 18 heavy (non-hydrogen) atoms. The van der Waals surface area contributed by atoms with Crippen LogP contribution in [0.3, 0.4) is 0 Å². The molecule has 0 spiro atoms. The van der Waals surface area contributed by atoms with Crippen molar-refractivity contribution in [3.05, 3.63) is 28.8 Å². The summed E-state index contributed by atoms with van der Waals surface area (Å²) in [5.41, 5.74) is -0.781. The van der Waals surface area contributed by atoms with Crippen LogP contribution in [-0.4, -0.2) is 17.6 Å². The van der Waals surface area contributed by atoms with Gasteiger partial charge in [0, 0.05) is 5.33 Å². The summed E-state index contributed by atoms with van der Waals surface area (Å²) >= 11 is 2.98. The van der Waals surface area contributed by atoms with Crippen LogP contribution in [-0.2, 0) is 21.3 Å². The number of aromatic nitrogens is 1. The van der Waals surface area contributed by atoms with Crippen LogP contribution in [0.4, 0.5) is 13.2 Å². The van der Waals surface area contributed by atoms with Crippen LogP contribution in [0.5, 0.6) is 0 Å². The summed E-state index contributed by atoms with van der Waals surface area (Å²) in [4.78, 5) is 14.7. The van der Waals surface area contributed by atoms with E-state index in [1.54, 1.807) is 6.92 Å². The molecule has 3 nitrogen and oxygen atoms in total. The number of carbonyl (C=O) groups is 1.